The van der Waals surface area contributed by atoms with E-state index in [1.54, 1.807) is 13.3 Å². The summed E-state index contributed by atoms with van der Waals surface area (Å²) in [5, 5.41) is 0. The van der Waals surface area contributed by atoms with Crippen LogP contribution in [0.4, 0.5) is 0 Å². The van der Waals surface area contributed by atoms with Crippen molar-refractivity contribution in [2.45, 2.75) is 6.61 Å². The lowest BCUT2D eigenvalue weighted by Crippen LogP contribution is -1.95. The highest BCUT2D eigenvalue weighted by atomic mass is 16.5. The van der Waals surface area contributed by atoms with Crippen molar-refractivity contribution >= 4 is 0 Å². The average Bonchev–Trinajstić information content (AvgIpc) is 2.61. The van der Waals surface area contributed by atoms with Gasteiger partial charge in [-0.2, -0.15) is 0 Å². The van der Waals surface area contributed by atoms with Gasteiger partial charge >= 0.3 is 0 Å². The third kappa shape index (κ3) is 3.44. The van der Waals surface area contributed by atoms with Crippen LogP contribution in [0.3, 0.4) is 0 Å². The maximum Gasteiger partial charge on any atom is 0.212 e. The van der Waals surface area contributed by atoms with Crippen molar-refractivity contribution in [1.82, 2.24) is 4.98 Å². The van der Waals surface area contributed by atoms with Crippen molar-refractivity contribution in [3.05, 3.63) is 78.5 Å². The molecule has 22 heavy (non-hydrogen) atoms. The van der Waals surface area contributed by atoms with Gasteiger partial charge in [0, 0.05) is 17.8 Å². The van der Waals surface area contributed by atoms with E-state index in [0.29, 0.717) is 12.5 Å². The fourth-order valence-electron chi connectivity index (χ4n) is 2.18. The Kier molecular flexibility index (Phi) is 4.35. The number of rotatable bonds is 5. The van der Waals surface area contributed by atoms with Crippen molar-refractivity contribution in [3.8, 4) is 22.8 Å². The van der Waals surface area contributed by atoms with Crippen LogP contribution in [0.25, 0.3) is 11.1 Å². The summed E-state index contributed by atoms with van der Waals surface area (Å²) in [5.41, 5.74) is 3.26. The largest absolute Gasteiger partial charge is 0.489 e. The van der Waals surface area contributed by atoms with Gasteiger partial charge in [-0.25, -0.2) is 4.98 Å². The van der Waals surface area contributed by atoms with Gasteiger partial charge in [0.2, 0.25) is 5.88 Å². The van der Waals surface area contributed by atoms with E-state index in [1.165, 1.54) is 0 Å². The fourth-order valence-corrected chi connectivity index (χ4v) is 2.18. The van der Waals surface area contributed by atoms with Crippen LogP contribution in [0.2, 0.25) is 0 Å². The highest BCUT2D eigenvalue weighted by molar-refractivity contribution is 5.64. The molecule has 0 saturated heterocycles. The molecular formula is C19H17NO2. The van der Waals surface area contributed by atoms with E-state index in [9.17, 15) is 0 Å². The summed E-state index contributed by atoms with van der Waals surface area (Å²) in [5.74, 6) is 1.46. The lowest BCUT2D eigenvalue weighted by Gasteiger charge is -2.08. The Balaban J connectivity index is 1.74. The summed E-state index contributed by atoms with van der Waals surface area (Å²) < 4.78 is 10.9. The van der Waals surface area contributed by atoms with Crippen molar-refractivity contribution in [2.75, 3.05) is 7.11 Å². The lowest BCUT2D eigenvalue weighted by atomic mass is 10.1. The van der Waals surface area contributed by atoms with Crippen LogP contribution in [-0.2, 0) is 6.61 Å². The van der Waals surface area contributed by atoms with E-state index in [-0.39, 0.29) is 0 Å². The summed E-state index contributed by atoms with van der Waals surface area (Å²) in [6.07, 6.45) is 1.80. The third-order valence-electron chi connectivity index (χ3n) is 3.36. The van der Waals surface area contributed by atoms with Gasteiger partial charge in [-0.1, -0.05) is 42.5 Å². The number of methoxy groups -OCH3 is 1. The van der Waals surface area contributed by atoms with Crippen molar-refractivity contribution in [1.29, 1.82) is 0 Å². The first-order valence-electron chi connectivity index (χ1n) is 7.12. The van der Waals surface area contributed by atoms with Crippen molar-refractivity contribution < 1.29 is 9.47 Å². The van der Waals surface area contributed by atoms with Crippen LogP contribution in [0.15, 0.2) is 72.9 Å². The molecule has 0 fully saturated rings. The first kappa shape index (κ1) is 14.1. The standard InChI is InChI=1S/C19H17NO2/c1-21-19-11-10-17(13-20-19)16-8-5-9-18(12-16)22-14-15-6-3-2-4-7-15/h2-13H,14H2,1H3. The van der Waals surface area contributed by atoms with Crippen LogP contribution >= 0.6 is 0 Å². The van der Waals surface area contributed by atoms with Crippen LogP contribution in [0, 0.1) is 0 Å². The summed E-state index contributed by atoms with van der Waals surface area (Å²) in [6, 6.07) is 22.0. The van der Waals surface area contributed by atoms with E-state index < -0.39 is 0 Å². The van der Waals surface area contributed by atoms with Gasteiger partial charge in [-0.05, 0) is 29.3 Å². The number of hydrogen-bond donors (Lipinski definition) is 0. The lowest BCUT2D eigenvalue weighted by molar-refractivity contribution is 0.306. The molecule has 3 rings (SSSR count). The first-order valence-corrected chi connectivity index (χ1v) is 7.12. The van der Waals surface area contributed by atoms with Gasteiger partial charge < -0.3 is 9.47 Å². The number of ether oxygens (including phenoxy) is 2. The van der Waals surface area contributed by atoms with Gasteiger partial charge in [0.15, 0.2) is 0 Å². The Morgan fingerprint density at radius 3 is 2.45 bits per heavy atom. The zero-order chi connectivity index (χ0) is 15.2. The van der Waals surface area contributed by atoms with E-state index in [0.717, 1.165) is 22.4 Å². The Morgan fingerprint density at radius 2 is 1.73 bits per heavy atom. The van der Waals surface area contributed by atoms with Crippen LogP contribution < -0.4 is 9.47 Å². The Bertz CT molecular complexity index is 724. The third-order valence-corrected chi connectivity index (χ3v) is 3.36. The van der Waals surface area contributed by atoms with E-state index >= 15 is 0 Å². The normalized spacial score (nSPS) is 10.2. The average molecular weight is 291 g/mol. The maximum absolute atomic E-state index is 5.85. The number of pyridine rings is 1. The number of aromatic nitrogens is 1. The smallest absolute Gasteiger partial charge is 0.212 e. The Hall–Kier alpha value is -2.81. The summed E-state index contributed by atoms with van der Waals surface area (Å²) in [4.78, 5) is 4.23. The van der Waals surface area contributed by atoms with Crippen LogP contribution in [0.5, 0.6) is 11.6 Å². The molecule has 3 nitrogen and oxygen atoms in total. The number of nitrogens with zero attached hydrogens (tertiary/aromatic N) is 1. The summed E-state index contributed by atoms with van der Waals surface area (Å²) >= 11 is 0. The molecule has 0 aliphatic carbocycles. The molecule has 0 aliphatic heterocycles. The molecule has 0 saturated carbocycles. The molecule has 0 N–H and O–H groups in total. The Morgan fingerprint density at radius 1 is 0.864 bits per heavy atom. The predicted octanol–water partition coefficient (Wildman–Crippen LogP) is 4.34. The molecular weight excluding hydrogens is 274 g/mol. The second kappa shape index (κ2) is 6.76. The molecule has 0 amide bonds. The number of hydrogen-bond acceptors (Lipinski definition) is 3. The van der Waals surface area contributed by atoms with Crippen molar-refractivity contribution in [2.24, 2.45) is 0 Å². The van der Waals surface area contributed by atoms with Gasteiger partial charge in [-0.3, -0.25) is 0 Å². The minimum Gasteiger partial charge on any atom is -0.489 e. The van der Waals surface area contributed by atoms with Gasteiger partial charge in [0.05, 0.1) is 7.11 Å². The predicted molar refractivity (Wildman–Crippen MR) is 87.0 cm³/mol. The zero-order valence-electron chi connectivity index (χ0n) is 12.4. The SMILES string of the molecule is COc1ccc(-c2cccc(OCc3ccccc3)c2)cn1. The molecule has 2 aromatic carbocycles. The van der Waals surface area contributed by atoms with Gasteiger partial charge in [0.1, 0.15) is 12.4 Å². The van der Waals surface area contributed by atoms with E-state index in [2.05, 4.69) is 17.1 Å². The molecule has 1 heterocycles. The molecule has 0 atom stereocenters. The minimum atomic E-state index is 0.561. The maximum atomic E-state index is 5.85. The molecule has 0 aliphatic rings. The molecule has 0 unspecified atom stereocenters. The summed E-state index contributed by atoms with van der Waals surface area (Å²) in [7, 11) is 1.61. The highest BCUT2D eigenvalue weighted by Gasteiger charge is 2.02. The quantitative estimate of drug-likeness (QED) is 0.701. The molecule has 3 aromatic rings. The van der Waals surface area contributed by atoms with Crippen LogP contribution in [0.1, 0.15) is 5.56 Å². The first-order chi connectivity index (χ1) is 10.8. The molecule has 0 spiro atoms. The van der Waals surface area contributed by atoms with E-state index in [4.69, 9.17) is 9.47 Å². The Labute approximate surface area is 130 Å². The number of benzene rings is 2. The summed E-state index contributed by atoms with van der Waals surface area (Å²) in [6.45, 7) is 0.561. The second-order valence-corrected chi connectivity index (χ2v) is 4.89. The fraction of sp³-hybridized carbons (Fsp3) is 0.105. The van der Waals surface area contributed by atoms with E-state index in [1.807, 2.05) is 54.6 Å². The van der Waals surface area contributed by atoms with Gasteiger partial charge in [-0.15, -0.1) is 0 Å². The monoisotopic (exact) mass is 291 g/mol. The molecule has 1 aromatic heterocycles. The zero-order valence-corrected chi connectivity index (χ0v) is 12.4. The van der Waals surface area contributed by atoms with Crippen LogP contribution in [-0.4, -0.2) is 12.1 Å². The van der Waals surface area contributed by atoms with Crippen molar-refractivity contribution in [3.63, 3.8) is 0 Å². The molecule has 0 bridgehead atoms. The molecule has 0 radical (unpaired) electrons. The second-order valence-electron chi connectivity index (χ2n) is 4.89. The topological polar surface area (TPSA) is 31.4 Å². The van der Waals surface area contributed by atoms with Gasteiger partial charge in [0.25, 0.3) is 0 Å². The highest BCUT2D eigenvalue weighted by Crippen LogP contribution is 2.24. The molecule has 3 heteroatoms. The molecule has 110 valence electrons. The minimum absolute atomic E-state index is 0.561.